The first-order valence-electron chi connectivity index (χ1n) is 4.49. The minimum atomic E-state index is -0.659. The van der Waals surface area contributed by atoms with Gasteiger partial charge in [0.05, 0.1) is 0 Å². The predicted molar refractivity (Wildman–Crippen MR) is 50.1 cm³/mol. The number of rotatable bonds is 7. The van der Waals surface area contributed by atoms with Crippen LogP contribution in [0, 0.1) is 0 Å². The van der Waals surface area contributed by atoms with Crippen molar-refractivity contribution in [2.75, 3.05) is 0 Å². The molecule has 66 valence electrons. The van der Waals surface area contributed by atoms with Gasteiger partial charge in [0.15, 0.2) is 0 Å². The highest BCUT2D eigenvalue weighted by atomic mass is 28.1. The molecule has 0 aliphatic heterocycles. The molecule has 0 heterocycles. The SMILES string of the molecule is O=C(O)CCCCCCC[SiH3]. The molecule has 0 aliphatic carbocycles. The van der Waals surface area contributed by atoms with Crippen LogP contribution in [0.2, 0.25) is 6.04 Å². The second kappa shape index (κ2) is 7.79. The van der Waals surface area contributed by atoms with Crippen molar-refractivity contribution in [1.29, 1.82) is 0 Å². The molecule has 1 N–H and O–H groups in total. The van der Waals surface area contributed by atoms with Crippen LogP contribution >= 0.6 is 0 Å². The number of aliphatic carboxylic acids is 1. The van der Waals surface area contributed by atoms with E-state index in [-0.39, 0.29) is 0 Å². The van der Waals surface area contributed by atoms with Crippen molar-refractivity contribution in [3.63, 3.8) is 0 Å². The third-order valence-electron chi connectivity index (χ3n) is 1.74. The van der Waals surface area contributed by atoms with Crippen LogP contribution < -0.4 is 0 Å². The highest BCUT2D eigenvalue weighted by molar-refractivity contribution is 6.08. The summed E-state index contributed by atoms with van der Waals surface area (Å²) in [4.78, 5) is 10.1. The third kappa shape index (κ3) is 9.69. The van der Waals surface area contributed by atoms with Gasteiger partial charge in [-0.2, -0.15) is 0 Å². The second-order valence-corrected chi connectivity index (χ2v) is 3.91. The zero-order valence-corrected chi connectivity index (χ0v) is 9.31. The minimum absolute atomic E-state index is 0.348. The van der Waals surface area contributed by atoms with Crippen LogP contribution in [0.4, 0.5) is 0 Å². The van der Waals surface area contributed by atoms with E-state index in [1.807, 2.05) is 0 Å². The lowest BCUT2D eigenvalue weighted by atomic mass is 10.1. The lowest BCUT2D eigenvalue weighted by Crippen LogP contribution is -1.93. The van der Waals surface area contributed by atoms with E-state index in [0.717, 1.165) is 12.8 Å². The van der Waals surface area contributed by atoms with Crippen LogP contribution in [0.3, 0.4) is 0 Å². The summed E-state index contributed by atoms with van der Waals surface area (Å²) in [5, 5.41) is 8.32. The number of carboxylic acids is 1. The summed E-state index contributed by atoms with van der Waals surface area (Å²) in [5.41, 5.74) is 0. The molecule has 0 radical (unpaired) electrons. The number of unbranched alkanes of at least 4 members (excludes halogenated alkanes) is 4. The highest BCUT2D eigenvalue weighted by Crippen LogP contribution is 2.05. The van der Waals surface area contributed by atoms with Gasteiger partial charge < -0.3 is 5.11 Å². The zero-order chi connectivity index (χ0) is 8.53. The summed E-state index contributed by atoms with van der Waals surface area (Å²) in [6, 6.07) is 1.39. The summed E-state index contributed by atoms with van der Waals surface area (Å²) in [5.74, 6) is -0.659. The summed E-state index contributed by atoms with van der Waals surface area (Å²) in [7, 11) is 1.31. The molecule has 11 heavy (non-hydrogen) atoms. The first kappa shape index (κ1) is 10.7. The standard InChI is InChI=1S/C8H18O2Si/c9-8(10)6-4-2-1-3-5-7-11/h1-7H2,11H3,(H,9,10). The zero-order valence-electron chi connectivity index (χ0n) is 7.31. The van der Waals surface area contributed by atoms with Crippen LogP contribution in [-0.2, 0) is 4.79 Å². The van der Waals surface area contributed by atoms with Crippen molar-refractivity contribution in [3.8, 4) is 0 Å². The summed E-state index contributed by atoms with van der Waals surface area (Å²) in [6.45, 7) is 0. The fraction of sp³-hybridized carbons (Fsp3) is 0.875. The predicted octanol–water partition coefficient (Wildman–Crippen LogP) is 1.20. The maximum Gasteiger partial charge on any atom is 0.303 e. The van der Waals surface area contributed by atoms with Crippen molar-refractivity contribution >= 4 is 16.2 Å². The van der Waals surface area contributed by atoms with Crippen LogP contribution in [-0.4, -0.2) is 21.3 Å². The lowest BCUT2D eigenvalue weighted by Gasteiger charge is -1.96. The number of hydrogen-bond acceptors (Lipinski definition) is 1. The molecule has 0 fully saturated rings. The maximum atomic E-state index is 10.1. The van der Waals surface area contributed by atoms with Gasteiger partial charge in [-0.1, -0.05) is 31.7 Å². The molecule has 0 amide bonds. The second-order valence-electron chi connectivity index (χ2n) is 2.91. The van der Waals surface area contributed by atoms with Gasteiger partial charge in [0.2, 0.25) is 0 Å². The number of carbonyl (C=O) groups is 1. The van der Waals surface area contributed by atoms with E-state index in [1.54, 1.807) is 0 Å². The number of hydrogen-bond donors (Lipinski definition) is 1. The molecule has 0 atom stereocenters. The molecule has 0 aromatic heterocycles. The van der Waals surface area contributed by atoms with E-state index < -0.39 is 5.97 Å². The fourth-order valence-electron chi connectivity index (χ4n) is 1.06. The Labute approximate surface area is 71.4 Å². The largest absolute Gasteiger partial charge is 0.481 e. The molecule has 2 nitrogen and oxygen atoms in total. The van der Waals surface area contributed by atoms with Gasteiger partial charge in [0.1, 0.15) is 0 Å². The van der Waals surface area contributed by atoms with Crippen LogP contribution in [0.25, 0.3) is 0 Å². The molecule has 0 aromatic carbocycles. The molecule has 0 rings (SSSR count). The molecular formula is C8H18O2Si. The van der Waals surface area contributed by atoms with Gasteiger partial charge in [-0.15, -0.1) is 0 Å². The van der Waals surface area contributed by atoms with Gasteiger partial charge in [-0.05, 0) is 6.42 Å². The molecule has 0 aliphatic rings. The van der Waals surface area contributed by atoms with Gasteiger partial charge in [0.25, 0.3) is 0 Å². The Morgan fingerprint density at radius 1 is 1.09 bits per heavy atom. The van der Waals surface area contributed by atoms with Gasteiger partial charge in [0, 0.05) is 16.7 Å². The average Bonchev–Trinajstić information content (AvgIpc) is 1.96. The Hall–Kier alpha value is -0.313. The van der Waals surface area contributed by atoms with E-state index in [2.05, 4.69) is 0 Å². The highest BCUT2D eigenvalue weighted by Gasteiger charge is 1.95. The first-order valence-corrected chi connectivity index (χ1v) is 5.90. The topological polar surface area (TPSA) is 37.3 Å². The van der Waals surface area contributed by atoms with Gasteiger partial charge in [-0.3, -0.25) is 4.79 Å². The molecule has 0 saturated carbocycles. The van der Waals surface area contributed by atoms with Crippen LogP contribution in [0.5, 0.6) is 0 Å². The third-order valence-corrected chi connectivity index (χ3v) is 2.45. The van der Waals surface area contributed by atoms with Crippen molar-refractivity contribution < 1.29 is 9.90 Å². The first-order chi connectivity index (χ1) is 5.27. The number of carboxylic acid groups (broad SMARTS) is 1. The molecule has 0 spiro atoms. The Morgan fingerprint density at radius 2 is 1.64 bits per heavy atom. The van der Waals surface area contributed by atoms with E-state index in [9.17, 15) is 4.79 Å². The van der Waals surface area contributed by atoms with Crippen molar-refractivity contribution in [2.45, 2.75) is 44.6 Å². The quantitative estimate of drug-likeness (QED) is 0.465. The van der Waals surface area contributed by atoms with Gasteiger partial charge in [-0.25, -0.2) is 0 Å². The Kier molecular flexibility index (Phi) is 7.57. The lowest BCUT2D eigenvalue weighted by molar-refractivity contribution is -0.137. The average molecular weight is 174 g/mol. The van der Waals surface area contributed by atoms with E-state index in [1.165, 1.54) is 35.5 Å². The summed E-state index contributed by atoms with van der Waals surface area (Å²) < 4.78 is 0. The Bertz CT molecular complexity index is 104. The minimum Gasteiger partial charge on any atom is -0.481 e. The summed E-state index contributed by atoms with van der Waals surface area (Å²) in [6.07, 6.45) is 6.16. The Morgan fingerprint density at radius 3 is 2.18 bits per heavy atom. The monoisotopic (exact) mass is 174 g/mol. The molecule has 0 aromatic rings. The van der Waals surface area contributed by atoms with E-state index in [0.29, 0.717) is 6.42 Å². The van der Waals surface area contributed by atoms with E-state index in [4.69, 9.17) is 5.11 Å². The van der Waals surface area contributed by atoms with Crippen molar-refractivity contribution in [3.05, 3.63) is 0 Å². The van der Waals surface area contributed by atoms with Crippen molar-refractivity contribution in [1.82, 2.24) is 0 Å². The molecule has 0 saturated heterocycles. The molecule has 0 unspecified atom stereocenters. The van der Waals surface area contributed by atoms with E-state index >= 15 is 0 Å². The normalized spacial score (nSPS) is 10.2. The smallest absolute Gasteiger partial charge is 0.303 e. The van der Waals surface area contributed by atoms with Crippen molar-refractivity contribution in [2.24, 2.45) is 0 Å². The maximum absolute atomic E-state index is 10.1. The molecule has 3 heteroatoms. The van der Waals surface area contributed by atoms with Crippen LogP contribution in [0.1, 0.15) is 38.5 Å². The fourth-order valence-corrected chi connectivity index (χ4v) is 1.56. The molecular weight excluding hydrogens is 156 g/mol. The van der Waals surface area contributed by atoms with Crippen LogP contribution in [0.15, 0.2) is 0 Å². The molecule has 0 bridgehead atoms. The summed E-state index contributed by atoms with van der Waals surface area (Å²) >= 11 is 0. The van der Waals surface area contributed by atoms with Gasteiger partial charge >= 0.3 is 5.97 Å². The Balaban J connectivity index is 2.85.